The quantitative estimate of drug-likeness (QED) is 0.343. The standard InChI is InChI=1S/C26H28Br2O3/c1-16(2)30-24-10-8-22(27)14-20(24)12-18-6-5-7-19(26(18)29)13-21-15-23(28)9-11-25(21)31-17(3)4/h8-17H,5-7H2,1-4H3/b18-12-,19-13+. The highest BCUT2D eigenvalue weighted by Crippen LogP contribution is 2.34. The van der Waals surface area contributed by atoms with Crippen molar-refractivity contribution >= 4 is 49.8 Å². The summed E-state index contributed by atoms with van der Waals surface area (Å²) in [6.07, 6.45) is 6.54. The molecule has 3 rings (SSSR count). The third-order valence-corrected chi connectivity index (χ3v) is 5.79. The second-order valence-electron chi connectivity index (χ2n) is 8.22. The third kappa shape index (κ3) is 6.56. The number of allylic oxidation sites excluding steroid dienone is 2. The normalized spacial score (nSPS) is 17.1. The van der Waals surface area contributed by atoms with Crippen molar-refractivity contribution in [2.45, 2.75) is 59.2 Å². The third-order valence-electron chi connectivity index (χ3n) is 4.80. The van der Waals surface area contributed by atoms with Crippen LogP contribution in [0.15, 0.2) is 56.5 Å². The highest BCUT2D eigenvalue weighted by molar-refractivity contribution is 9.10. The molecule has 0 bridgehead atoms. The first-order valence-corrected chi connectivity index (χ1v) is 12.2. The molecule has 3 nitrogen and oxygen atoms in total. The second-order valence-corrected chi connectivity index (χ2v) is 10.1. The van der Waals surface area contributed by atoms with Crippen LogP contribution in [0.2, 0.25) is 0 Å². The zero-order valence-corrected chi connectivity index (χ0v) is 21.5. The molecule has 0 spiro atoms. The first kappa shape index (κ1) is 23.8. The summed E-state index contributed by atoms with van der Waals surface area (Å²) in [5, 5.41) is 0. The highest BCUT2D eigenvalue weighted by atomic mass is 79.9. The molecular weight excluding hydrogens is 520 g/mol. The van der Waals surface area contributed by atoms with Crippen LogP contribution < -0.4 is 9.47 Å². The molecule has 1 aliphatic carbocycles. The Balaban J connectivity index is 1.96. The summed E-state index contributed by atoms with van der Waals surface area (Å²) in [4.78, 5) is 13.3. The van der Waals surface area contributed by atoms with Gasteiger partial charge in [-0.15, -0.1) is 0 Å². The fraction of sp³-hybridized carbons (Fsp3) is 0.346. The number of halogens is 2. The monoisotopic (exact) mass is 546 g/mol. The van der Waals surface area contributed by atoms with Crippen molar-refractivity contribution in [2.24, 2.45) is 0 Å². The number of hydrogen-bond acceptors (Lipinski definition) is 3. The minimum atomic E-state index is 0.0618. The smallest absolute Gasteiger partial charge is 0.185 e. The molecule has 0 unspecified atom stereocenters. The van der Waals surface area contributed by atoms with Crippen LogP contribution in [0.4, 0.5) is 0 Å². The lowest BCUT2D eigenvalue weighted by Gasteiger charge is -2.19. The molecule has 164 valence electrons. The predicted molar refractivity (Wildman–Crippen MR) is 135 cm³/mol. The lowest BCUT2D eigenvalue weighted by atomic mass is 9.86. The summed E-state index contributed by atoms with van der Waals surface area (Å²) in [7, 11) is 0. The summed E-state index contributed by atoms with van der Waals surface area (Å²) in [5.74, 6) is 1.67. The number of benzene rings is 2. The van der Waals surface area contributed by atoms with Gasteiger partial charge >= 0.3 is 0 Å². The average Bonchev–Trinajstić information content (AvgIpc) is 2.68. The lowest BCUT2D eigenvalue weighted by molar-refractivity contribution is -0.112. The Bertz CT molecular complexity index is 940. The van der Waals surface area contributed by atoms with Crippen LogP contribution in [0.3, 0.4) is 0 Å². The summed E-state index contributed by atoms with van der Waals surface area (Å²) in [5.41, 5.74) is 3.45. The topological polar surface area (TPSA) is 35.5 Å². The van der Waals surface area contributed by atoms with E-state index in [1.807, 2.05) is 76.2 Å². The van der Waals surface area contributed by atoms with Crippen molar-refractivity contribution in [3.05, 3.63) is 67.6 Å². The summed E-state index contributed by atoms with van der Waals surface area (Å²) < 4.78 is 13.8. The van der Waals surface area contributed by atoms with Gasteiger partial charge in [0.25, 0.3) is 0 Å². The molecule has 0 aliphatic heterocycles. The van der Waals surface area contributed by atoms with E-state index in [1.165, 1.54) is 0 Å². The zero-order chi connectivity index (χ0) is 22.5. The molecule has 1 fully saturated rings. The maximum atomic E-state index is 13.3. The number of carbonyl (C=O) groups is 1. The highest BCUT2D eigenvalue weighted by Gasteiger charge is 2.22. The Hall–Kier alpha value is -1.85. The molecule has 5 heteroatoms. The van der Waals surface area contributed by atoms with E-state index in [9.17, 15) is 4.79 Å². The summed E-state index contributed by atoms with van der Waals surface area (Å²) in [6, 6.07) is 11.8. The Morgan fingerprint density at radius 2 is 1.19 bits per heavy atom. The summed E-state index contributed by atoms with van der Waals surface area (Å²) in [6.45, 7) is 8.00. The van der Waals surface area contributed by atoms with Gasteiger partial charge in [-0.25, -0.2) is 0 Å². The minimum Gasteiger partial charge on any atom is -0.490 e. The molecule has 1 aliphatic rings. The number of Topliss-reactive ketones (excluding diaryl/α,β-unsaturated/α-hetero) is 1. The van der Waals surface area contributed by atoms with Crippen LogP contribution in [-0.4, -0.2) is 18.0 Å². The van der Waals surface area contributed by atoms with Gasteiger partial charge in [0.2, 0.25) is 0 Å². The van der Waals surface area contributed by atoms with E-state index in [0.717, 1.165) is 62.0 Å². The SMILES string of the molecule is CC(C)Oc1ccc(Br)cc1/C=C1/CCC/C(=C\c2cc(Br)ccc2OC(C)C)C1=O. The van der Waals surface area contributed by atoms with E-state index in [1.54, 1.807) is 0 Å². The largest absolute Gasteiger partial charge is 0.490 e. The van der Waals surface area contributed by atoms with Gasteiger partial charge < -0.3 is 9.47 Å². The predicted octanol–water partition coefficient (Wildman–Crippen LogP) is 8.01. The first-order chi connectivity index (χ1) is 14.7. The summed E-state index contributed by atoms with van der Waals surface area (Å²) >= 11 is 7.07. The number of hydrogen-bond donors (Lipinski definition) is 0. The molecule has 0 saturated heterocycles. The van der Waals surface area contributed by atoms with Crippen molar-refractivity contribution in [1.29, 1.82) is 0 Å². The van der Waals surface area contributed by atoms with Gasteiger partial charge in [-0.05, 0) is 95.5 Å². The van der Waals surface area contributed by atoms with Crippen LogP contribution in [0.1, 0.15) is 58.1 Å². The molecule has 0 radical (unpaired) electrons. The van der Waals surface area contributed by atoms with E-state index in [4.69, 9.17) is 9.47 Å². The maximum absolute atomic E-state index is 13.3. The molecule has 0 amide bonds. The van der Waals surface area contributed by atoms with Crippen molar-refractivity contribution in [3.8, 4) is 11.5 Å². The first-order valence-electron chi connectivity index (χ1n) is 10.6. The van der Waals surface area contributed by atoms with Gasteiger partial charge in [0.1, 0.15) is 11.5 Å². The Labute approximate surface area is 201 Å². The van der Waals surface area contributed by atoms with Gasteiger partial charge in [-0.3, -0.25) is 4.79 Å². The van der Waals surface area contributed by atoms with Gasteiger partial charge in [-0.1, -0.05) is 31.9 Å². The van der Waals surface area contributed by atoms with Gasteiger partial charge in [0.05, 0.1) is 12.2 Å². The van der Waals surface area contributed by atoms with Gasteiger partial charge in [0.15, 0.2) is 5.78 Å². The van der Waals surface area contributed by atoms with E-state index in [2.05, 4.69) is 31.9 Å². The molecule has 2 aromatic carbocycles. The van der Waals surface area contributed by atoms with Crippen molar-refractivity contribution in [1.82, 2.24) is 0 Å². The van der Waals surface area contributed by atoms with Gasteiger partial charge in [-0.2, -0.15) is 0 Å². The van der Waals surface area contributed by atoms with Crippen LogP contribution >= 0.6 is 31.9 Å². The Morgan fingerprint density at radius 1 is 0.774 bits per heavy atom. The van der Waals surface area contributed by atoms with E-state index in [0.29, 0.717) is 0 Å². The molecule has 0 heterocycles. The number of ketones is 1. The molecule has 31 heavy (non-hydrogen) atoms. The lowest BCUT2D eigenvalue weighted by Crippen LogP contribution is -2.13. The molecule has 0 N–H and O–H groups in total. The molecule has 2 aromatic rings. The van der Waals surface area contributed by atoms with E-state index >= 15 is 0 Å². The van der Waals surface area contributed by atoms with Crippen LogP contribution in [0.5, 0.6) is 11.5 Å². The number of carbonyl (C=O) groups excluding carboxylic acids is 1. The van der Waals surface area contributed by atoms with Crippen LogP contribution in [0, 0.1) is 0 Å². The zero-order valence-electron chi connectivity index (χ0n) is 18.4. The maximum Gasteiger partial charge on any atom is 0.185 e. The second kappa shape index (κ2) is 10.6. The average molecular weight is 548 g/mol. The van der Waals surface area contributed by atoms with Crippen molar-refractivity contribution in [2.75, 3.05) is 0 Å². The van der Waals surface area contributed by atoms with Crippen LogP contribution in [-0.2, 0) is 4.79 Å². The fourth-order valence-corrected chi connectivity index (χ4v) is 4.30. The van der Waals surface area contributed by atoms with E-state index in [-0.39, 0.29) is 18.0 Å². The molecule has 0 aromatic heterocycles. The molecule has 0 atom stereocenters. The van der Waals surface area contributed by atoms with Crippen molar-refractivity contribution in [3.63, 3.8) is 0 Å². The number of rotatable bonds is 6. The Kier molecular flexibility index (Phi) is 8.17. The van der Waals surface area contributed by atoms with Crippen LogP contribution in [0.25, 0.3) is 12.2 Å². The fourth-order valence-electron chi connectivity index (χ4n) is 3.54. The van der Waals surface area contributed by atoms with Gasteiger partial charge in [0, 0.05) is 31.2 Å². The Morgan fingerprint density at radius 3 is 1.58 bits per heavy atom. The minimum absolute atomic E-state index is 0.0618. The van der Waals surface area contributed by atoms with Crippen molar-refractivity contribution < 1.29 is 14.3 Å². The van der Waals surface area contributed by atoms with E-state index < -0.39 is 0 Å². The molecular formula is C26H28Br2O3. The number of ether oxygens (including phenoxy) is 2. The molecule has 1 saturated carbocycles.